The van der Waals surface area contributed by atoms with Crippen molar-refractivity contribution >= 4 is 17.3 Å². The number of carbonyl (C=O) groups excluding carboxylic acids is 1. The molecule has 0 bridgehead atoms. The fraction of sp³-hybridized carbons (Fsp3) is 0.333. The Bertz CT molecular complexity index is 614. The second-order valence-corrected chi connectivity index (χ2v) is 6.30. The number of rotatable bonds is 3. The fourth-order valence-electron chi connectivity index (χ4n) is 1.66. The number of hydrogen-bond donors (Lipinski definition) is 1. The van der Waals surface area contributed by atoms with Crippen LogP contribution in [0.4, 0.5) is 0 Å². The van der Waals surface area contributed by atoms with Gasteiger partial charge in [0.05, 0.1) is 0 Å². The van der Waals surface area contributed by atoms with E-state index in [9.17, 15) is 4.79 Å². The highest BCUT2D eigenvalue weighted by atomic mass is 32.1. The molecule has 0 fully saturated rings. The molecule has 1 heterocycles. The van der Waals surface area contributed by atoms with E-state index in [0.717, 1.165) is 16.1 Å². The molecular formula is C15H18N2O2S. The van der Waals surface area contributed by atoms with Crippen LogP contribution in [0.1, 0.15) is 36.8 Å². The summed E-state index contributed by atoms with van der Waals surface area (Å²) in [5.74, 6) is -0.394. The van der Waals surface area contributed by atoms with E-state index in [1.165, 1.54) is 11.3 Å². The van der Waals surface area contributed by atoms with Crippen LogP contribution in [0.5, 0.6) is 0 Å². The van der Waals surface area contributed by atoms with Gasteiger partial charge >= 0.3 is 5.97 Å². The molecule has 0 radical (unpaired) electrons. The lowest BCUT2D eigenvalue weighted by molar-refractivity contribution is 0.00638. The first-order valence-corrected chi connectivity index (χ1v) is 7.25. The van der Waals surface area contributed by atoms with Crippen LogP contribution in [0.25, 0.3) is 10.6 Å². The Kier molecular flexibility index (Phi) is 4.20. The summed E-state index contributed by atoms with van der Waals surface area (Å²) in [6.07, 6.45) is 0. The number of ether oxygens (including phenoxy) is 1. The number of benzene rings is 1. The molecule has 1 aromatic carbocycles. The molecule has 5 heteroatoms. The molecule has 2 aromatic rings. The molecule has 20 heavy (non-hydrogen) atoms. The van der Waals surface area contributed by atoms with E-state index < -0.39 is 11.6 Å². The van der Waals surface area contributed by atoms with E-state index in [4.69, 9.17) is 10.5 Å². The number of nitrogens with two attached hydrogens (primary N) is 1. The third-order valence-electron chi connectivity index (χ3n) is 2.52. The second kappa shape index (κ2) is 5.73. The van der Waals surface area contributed by atoms with Gasteiger partial charge in [-0.1, -0.05) is 18.2 Å². The normalized spacial score (nSPS) is 11.4. The van der Waals surface area contributed by atoms with Gasteiger partial charge in [0.2, 0.25) is 0 Å². The second-order valence-electron chi connectivity index (χ2n) is 5.44. The van der Waals surface area contributed by atoms with Crippen molar-refractivity contribution in [1.82, 2.24) is 4.98 Å². The van der Waals surface area contributed by atoms with Crippen molar-refractivity contribution in [3.8, 4) is 10.6 Å². The van der Waals surface area contributed by atoms with E-state index in [1.54, 1.807) is 5.38 Å². The first kappa shape index (κ1) is 14.7. The summed E-state index contributed by atoms with van der Waals surface area (Å²) in [6.45, 7) is 5.99. The highest BCUT2D eigenvalue weighted by molar-refractivity contribution is 7.13. The standard InChI is InChI=1S/C15H18N2O2S/c1-15(2,3)19-14(18)12-9-20-13(17-12)11-6-4-5-10(7-11)8-16/h4-7,9H,8,16H2,1-3H3. The number of thiazole rings is 1. The summed E-state index contributed by atoms with van der Waals surface area (Å²) in [4.78, 5) is 16.3. The molecule has 2 N–H and O–H groups in total. The van der Waals surface area contributed by atoms with Crippen LogP contribution in [0.15, 0.2) is 29.6 Å². The van der Waals surface area contributed by atoms with Gasteiger partial charge in [-0.15, -0.1) is 11.3 Å². The lowest BCUT2D eigenvalue weighted by atomic mass is 10.1. The van der Waals surface area contributed by atoms with Gasteiger partial charge in [0, 0.05) is 17.5 Å². The van der Waals surface area contributed by atoms with Gasteiger partial charge in [-0.05, 0) is 32.4 Å². The van der Waals surface area contributed by atoms with Crippen LogP contribution in [-0.2, 0) is 11.3 Å². The van der Waals surface area contributed by atoms with Crippen LogP contribution < -0.4 is 5.73 Å². The molecule has 106 valence electrons. The Morgan fingerprint density at radius 3 is 2.80 bits per heavy atom. The van der Waals surface area contributed by atoms with E-state index in [-0.39, 0.29) is 0 Å². The van der Waals surface area contributed by atoms with Crippen molar-refractivity contribution in [2.45, 2.75) is 32.9 Å². The van der Waals surface area contributed by atoms with Gasteiger partial charge in [0.25, 0.3) is 0 Å². The minimum Gasteiger partial charge on any atom is -0.455 e. The number of hydrogen-bond acceptors (Lipinski definition) is 5. The largest absolute Gasteiger partial charge is 0.455 e. The maximum Gasteiger partial charge on any atom is 0.358 e. The number of nitrogens with zero attached hydrogens (tertiary/aromatic N) is 1. The van der Waals surface area contributed by atoms with Gasteiger partial charge in [-0.2, -0.15) is 0 Å². The number of carbonyl (C=O) groups is 1. The molecule has 4 nitrogen and oxygen atoms in total. The Labute approximate surface area is 122 Å². The zero-order valence-corrected chi connectivity index (χ0v) is 12.7. The van der Waals surface area contributed by atoms with E-state index in [2.05, 4.69) is 4.98 Å². The summed E-state index contributed by atoms with van der Waals surface area (Å²) in [7, 11) is 0. The van der Waals surface area contributed by atoms with Crippen molar-refractivity contribution in [2.24, 2.45) is 5.73 Å². The molecule has 2 rings (SSSR count). The van der Waals surface area contributed by atoms with Gasteiger partial charge in [-0.25, -0.2) is 9.78 Å². The highest BCUT2D eigenvalue weighted by Crippen LogP contribution is 2.25. The first-order chi connectivity index (χ1) is 9.39. The molecule has 0 atom stereocenters. The molecule has 0 saturated carbocycles. The van der Waals surface area contributed by atoms with E-state index in [0.29, 0.717) is 12.2 Å². The van der Waals surface area contributed by atoms with Gasteiger partial charge in [0.15, 0.2) is 5.69 Å². The Hall–Kier alpha value is -1.72. The maximum absolute atomic E-state index is 11.9. The molecule has 0 aliphatic heterocycles. The van der Waals surface area contributed by atoms with Crippen molar-refractivity contribution < 1.29 is 9.53 Å². The maximum atomic E-state index is 11.9. The summed E-state index contributed by atoms with van der Waals surface area (Å²) >= 11 is 1.42. The smallest absolute Gasteiger partial charge is 0.358 e. The topological polar surface area (TPSA) is 65.2 Å². The molecule has 0 spiro atoms. The summed E-state index contributed by atoms with van der Waals surface area (Å²) < 4.78 is 5.30. The van der Waals surface area contributed by atoms with Gasteiger partial charge in [-0.3, -0.25) is 0 Å². The average Bonchev–Trinajstić information content (AvgIpc) is 2.86. The van der Waals surface area contributed by atoms with Crippen LogP contribution in [0.3, 0.4) is 0 Å². The fourth-order valence-corrected chi connectivity index (χ4v) is 2.45. The number of aromatic nitrogens is 1. The molecule has 0 aliphatic rings. The van der Waals surface area contributed by atoms with Gasteiger partial charge in [0.1, 0.15) is 10.6 Å². The van der Waals surface area contributed by atoms with E-state index >= 15 is 0 Å². The molecule has 0 saturated heterocycles. The Morgan fingerprint density at radius 2 is 2.15 bits per heavy atom. The summed E-state index contributed by atoms with van der Waals surface area (Å²) in [5.41, 5.74) is 7.46. The predicted molar refractivity (Wildman–Crippen MR) is 80.6 cm³/mol. The van der Waals surface area contributed by atoms with Crippen molar-refractivity contribution in [3.05, 3.63) is 40.9 Å². The third kappa shape index (κ3) is 3.65. The molecule has 0 unspecified atom stereocenters. The Balaban J connectivity index is 2.22. The number of esters is 1. The van der Waals surface area contributed by atoms with Crippen molar-refractivity contribution in [2.75, 3.05) is 0 Å². The minimum atomic E-state index is -0.514. The zero-order valence-electron chi connectivity index (χ0n) is 11.8. The summed E-state index contributed by atoms with van der Waals surface area (Å²) in [6, 6.07) is 7.84. The lowest BCUT2D eigenvalue weighted by Crippen LogP contribution is -2.24. The van der Waals surface area contributed by atoms with Crippen LogP contribution in [0.2, 0.25) is 0 Å². The summed E-state index contributed by atoms with van der Waals surface area (Å²) in [5, 5.41) is 2.51. The monoisotopic (exact) mass is 290 g/mol. The zero-order chi connectivity index (χ0) is 14.8. The van der Waals surface area contributed by atoms with Gasteiger partial charge < -0.3 is 10.5 Å². The van der Waals surface area contributed by atoms with E-state index in [1.807, 2.05) is 45.0 Å². The predicted octanol–water partition coefficient (Wildman–Crippen LogP) is 3.22. The van der Waals surface area contributed by atoms with Crippen LogP contribution in [0, 0.1) is 0 Å². The van der Waals surface area contributed by atoms with Crippen LogP contribution in [-0.4, -0.2) is 16.6 Å². The average molecular weight is 290 g/mol. The van der Waals surface area contributed by atoms with Crippen molar-refractivity contribution in [3.63, 3.8) is 0 Å². The molecule has 0 amide bonds. The van der Waals surface area contributed by atoms with Crippen molar-refractivity contribution in [1.29, 1.82) is 0 Å². The third-order valence-corrected chi connectivity index (χ3v) is 3.41. The molecular weight excluding hydrogens is 272 g/mol. The lowest BCUT2D eigenvalue weighted by Gasteiger charge is -2.18. The first-order valence-electron chi connectivity index (χ1n) is 6.37. The highest BCUT2D eigenvalue weighted by Gasteiger charge is 2.20. The quantitative estimate of drug-likeness (QED) is 0.881. The Morgan fingerprint density at radius 1 is 1.40 bits per heavy atom. The molecule has 0 aliphatic carbocycles. The molecule has 1 aromatic heterocycles. The minimum absolute atomic E-state index is 0.345. The van der Waals surface area contributed by atoms with Crippen LogP contribution >= 0.6 is 11.3 Å². The SMILES string of the molecule is CC(C)(C)OC(=O)c1csc(-c2cccc(CN)c2)n1.